The number of anilines is 1. The molecule has 0 radical (unpaired) electrons. The minimum Gasteiger partial charge on any atom is -0.464 e. The molecule has 0 fully saturated rings. The maximum atomic E-state index is 5.82. The number of hydrogen-bond donors (Lipinski definition) is 1. The van der Waals surface area contributed by atoms with E-state index in [0.29, 0.717) is 24.1 Å². The molecular formula is C12H12Cl2N4O. The van der Waals surface area contributed by atoms with Gasteiger partial charge < -0.3 is 10.1 Å². The van der Waals surface area contributed by atoms with E-state index in [1.54, 1.807) is 0 Å². The molecule has 5 nitrogen and oxygen atoms in total. The predicted octanol–water partition coefficient (Wildman–Crippen LogP) is 3.19. The van der Waals surface area contributed by atoms with Gasteiger partial charge in [0.2, 0.25) is 11.2 Å². The Labute approximate surface area is 121 Å². The normalized spacial score (nSPS) is 10.3. The molecule has 0 aliphatic heterocycles. The third-order valence-electron chi connectivity index (χ3n) is 2.22. The summed E-state index contributed by atoms with van der Waals surface area (Å²) >= 11 is 11.6. The van der Waals surface area contributed by atoms with E-state index in [4.69, 9.17) is 27.9 Å². The van der Waals surface area contributed by atoms with Crippen molar-refractivity contribution in [1.29, 1.82) is 0 Å². The number of benzene rings is 1. The fourth-order valence-corrected chi connectivity index (χ4v) is 1.67. The number of aromatic nitrogens is 3. The van der Waals surface area contributed by atoms with Crippen LogP contribution in [0.5, 0.6) is 6.01 Å². The highest BCUT2D eigenvalue weighted by Crippen LogP contribution is 2.13. The van der Waals surface area contributed by atoms with Gasteiger partial charge in [0.1, 0.15) is 0 Å². The minimum absolute atomic E-state index is 0.0945. The molecule has 0 bridgehead atoms. The monoisotopic (exact) mass is 298 g/mol. The van der Waals surface area contributed by atoms with Crippen LogP contribution < -0.4 is 10.1 Å². The number of nitrogens with one attached hydrogen (secondary N) is 1. The van der Waals surface area contributed by atoms with Gasteiger partial charge in [0.15, 0.2) is 0 Å². The van der Waals surface area contributed by atoms with Crippen LogP contribution in [0.2, 0.25) is 10.3 Å². The van der Waals surface area contributed by atoms with E-state index in [2.05, 4.69) is 20.3 Å². The third-order valence-corrected chi connectivity index (χ3v) is 2.65. The Hall–Kier alpha value is -1.59. The van der Waals surface area contributed by atoms with Crippen molar-refractivity contribution in [3.63, 3.8) is 0 Å². The molecule has 1 aromatic heterocycles. The van der Waals surface area contributed by atoms with Crippen LogP contribution in [0.25, 0.3) is 0 Å². The summed E-state index contributed by atoms with van der Waals surface area (Å²) in [5.41, 5.74) is 1.05. The summed E-state index contributed by atoms with van der Waals surface area (Å²) in [5.74, 6) is 0.374. The van der Waals surface area contributed by atoms with Crippen LogP contribution in [-0.2, 0) is 6.54 Å². The van der Waals surface area contributed by atoms with Crippen molar-refractivity contribution in [2.24, 2.45) is 0 Å². The number of rotatable bonds is 5. The van der Waals surface area contributed by atoms with Crippen LogP contribution >= 0.6 is 23.2 Å². The highest BCUT2D eigenvalue weighted by atomic mass is 35.5. The Balaban J connectivity index is 2.04. The van der Waals surface area contributed by atoms with Crippen molar-refractivity contribution >= 4 is 29.2 Å². The van der Waals surface area contributed by atoms with Crippen molar-refractivity contribution in [3.8, 4) is 6.01 Å². The van der Waals surface area contributed by atoms with Crippen molar-refractivity contribution in [3.05, 3.63) is 40.1 Å². The zero-order chi connectivity index (χ0) is 13.7. The van der Waals surface area contributed by atoms with Crippen LogP contribution in [0.3, 0.4) is 0 Å². The van der Waals surface area contributed by atoms with Gasteiger partial charge in [0, 0.05) is 11.6 Å². The second-order valence-electron chi connectivity index (χ2n) is 3.62. The van der Waals surface area contributed by atoms with E-state index in [1.807, 2.05) is 31.2 Å². The van der Waals surface area contributed by atoms with Crippen molar-refractivity contribution in [1.82, 2.24) is 15.0 Å². The Bertz CT molecular complexity index is 548. The van der Waals surface area contributed by atoms with Gasteiger partial charge in [0.05, 0.1) is 6.61 Å². The molecule has 1 heterocycles. The van der Waals surface area contributed by atoms with E-state index in [9.17, 15) is 0 Å². The largest absolute Gasteiger partial charge is 0.464 e. The van der Waals surface area contributed by atoms with Crippen molar-refractivity contribution in [2.75, 3.05) is 11.9 Å². The number of halogens is 2. The molecule has 0 spiro atoms. The molecule has 100 valence electrons. The van der Waals surface area contributed by atoms with Crippen LogP contribution in [0.1, 0.15) is 12.5 Å². The zero-order valence-electron chi connectivity index (χ0n) is 10.2. The summed E-state index contributed by atoms with van der Waals surface area (Å²) in [7, 11) is 0. The fraction of sp³-hybridized carbons (Fsp3) is 0.250. The first-order valence-corrected chi connectivity index (χ1v) is 6.45. The Morgan fingerprint density at radius 2 is 1.84 bits per heavy atom. The Kier molecular flexibility index (Phi) is 4.76. The lowest BCUT2D eigenvalue weighted by atomic mass is 10.2. The molecule has 0 aliphatic rings. The summed E-state index contributed by atoms with van der Waals surface area (Å²) in [6, 6.07) is 7.69. The summed E-state index contributed by atoms with van der Waals surface area (Å²) in [6.07, 6.45) is 0. The number of nitrogens with zero attached hydrogens (tertiary/aromatic N) is 3. The second kappa shape index (κ2) is 6.54. The average molecular weight is 299 g/mol. The van der Waals surface area contributed by atoms with Gasteiger partial charge in [-0.2, -0.15) is 15.0 Å². The molecule has 0 atom stereocenters. The van der Waals surface area contributed by atoms with E-state index in [1.165, 1.54) is 0 Å². The molecule has 0 amide bonds. The Morgan fingerprint density at radius 1 is 1.11 bits per heavy atom. The van der Waals surface area contributed by atoms with E-state index in [-0.39, 0.29) is 11.3 Å². The first-order valence-electron chi connectivity index (χ1n) is 5.70. The van der Waals surface area contributed by atoms with E-state index >= 15 is 0 Å². The lowest BCUT2D eigenvalue weighted by Crippen LogP contribution is -2.07. The maximum absolute atomic E-state index is 5.82. The highest BCUT2D eigenvalue weighted by molar-refractivity contribution is 6.30. The molecule has 0 aliphatic carbocycles. The molecule has 19 heavy (non-hydrogen) atoms. The topological polar surface area (TPSA) is 59.9 Å². The number of ether oxygens (including phenoxy) is 1. The molecule has 2 aromatic rings. The van der Waals surface area contributed by atoms with Gasteiger partial charge in [0.25, 0.3) is 0 Å². The molecule has 7 heteroatoms. The van der Waals surface area contributed by atoms with Gasteiger partial charge in [-0.1, -0.05) is 23.7 Å². The summed E-state index contributed by atoms with van der Waals surface area (Å²) in [4.78, 5) is 11.9. The van der Waals surface area contributed by atoms with Crippen molar-refractivity contribution < 1.29 is 4.74 Å². The van der Waals surface area contributed by atoms with Gasteiger partial charge in [-0.25, -0.2) is 0 Å². The molecule has 2 rings (SSSR count). The maximum Gasteiger partial charge on any atom is 0.322 e. The van der Waals surface area contributed by atoms with Gasteiger partial charge >= 0.3 is 6.01 Å². The second-order valence-corrected chi connectivity index (χ2v) is 4.40. The van der Waals surface area contributed by atoms with Crippen LogP contribution in [-0.4, -0.2) is 21.6 Å². The summed E-state index contributed by atoms with van der Waals surface area (Å²) in [6.45, 7) is 2.87. The quantitative estimate of drug-likeness (QED) is 0.918. The molecule has 0 saturated heterocycles. The lowest BCUT2D eigenvalue weighted by molar-refractivity contribution is 0.312. The third kappa shape index (κ3) is 4.22. The molecule has 0 unspecified atom stereocenters. The van der Waals surface area contributed by atoms with E-state index < -0.39 is 0 Å². The summed E-state index contributed by atoms with van der Waals surface area (Å²) in [5, 5.41) is 3.84. The molecule has 0 saturated carbocycles. The van der Waals surface area contributed by atoms with Gasteiger partial charge in [-0.3, -0.25) is 0 Å². The van der Waals surface area contributed by atoms with Crippen LogP contribution in [0.15, 0.2) is 24.3 Å². The van der Waals surface area contributed by atoms with Crippen LogP contribution in [0, 0.1) is 0 Å². The predicted molar refractivity (Wildman–Crippen MR) is 74.8 cm³/mol. The number of hydrogen-bond acceptors (Lipinski definition) is 5. The Morgan fingerprint density at radius 3 is 2.53 bits per heavy atom. The molecular weight excluding hydrogens is 287 g/mol. The minimum atomic E-state index is 0.0945. The SMILES string of the molecule is CCOc1nc(Cl)nc(NCc2ccc(Cl)cc2)n1. The first-order chi connectivity index (χ1) is 9.17. The molecule has 1 N–H and O–H groups in total. The fourth-order valence-electron chi connectivity index (χ4n) is 1.39. The highest BCUT2D eigenvalue weighted by Gasteiger charge is 2.05. The molecule has 1 aromatic carbocycles. The standard InChI is InChI=1S/C12H12Cl2N4O/c1-2-19-12-17-10(14)16-11(18-12)15-7-8-3-5-9(13)6-4-8/h3-6H,2,7H2,1H3,(H,15,16,17,18). The van der Waals surface area contributed by atoms with Gasteiger partial charge in [-0.15, -0.1) is 0 Å². The van der Waals surface area contributed by atoms with Crippen LogP contribution in [0.4, 0.5) is 5.95 Å². The van der Waals surface area contributed by atoms with Crippen molar-refractivity contribution in [2.45, 2.75) is 13.5 Å². The summed E-state index contributed by atoms with van der Waals surface area (Å²) < 4.78 is 5.19. The smallest absolute Gasteiger partial charge is 0.322 e. The zero-order valence-corrected chi connectivity index (χ0v) is 11.7. The first kappa shape index (κ1) is 13.8. The van der Waals surface area contributed by atoms with E-state index in [0.717, 1.165) is 5.56 Å². The average Bonchev–Trinajstić information content (AvgIpc) is 2.38. The lowest BCUT2D eigenvalue weighted by Gasteiger charge is -2.07. The van der Waals surface area contributed by atoms with Gasteiger partial charge in [-0.05, 0) is 36.2 Å².